The molecule has 4 nitrogen and oxygen atoms in total. The number of hydrogen-bond acceptors (Lipinski definition) is 5. The topological polar surface area (TPSA) is 50.7 Å². The molecular formula is C15H13BrN4S. The standard InChI is InChI=1S/C15H13BrN4S/c1-10-5-6-12(16)8-11(10)9-18-15-20-19-14(21-15)13-4-2-3-7-17-13/h2-8H,9H2,1H3,(H,18,20). The molecule has 3 rings (SSSR count). The molecule has 21 heavy (non-hydrogen) atoms. The van der Waals surface area contributed by atoms with Crippen LogP contribution in [0, 0.1) is 6.92 Å². The molecule has 6 heteroatoms. The van der Waals surface area contributed by atoms with Crippen LogP contribution in [-0.4, -0.2) is 15.2 Å². The molecule has 0 aliphatic heterocycles. The van der Waals surface area contributed by atoms with Crippen molar-refractivity contribution in [2.24, 2.45) is 0 Å². The molecule has 1 N–H and O–H groups in total. The Labute approximate surface area is 135 Å². The summed E-state index contributed by atoms with van der Waals surface area (Å²) in [6, 6.07) is 12.0. The van der Waals surface area contributed by atoms with Gasteiger partial charge >= 0.3 is 0 Å². The van der Waals surface area contributed by atoms with Crippen molar-refractivity contribution in [2.45, 2.75) is 13.5 Å². The van der Waals surface area contributed by atoms with Crippen molar-refractivity contribution in [3.05, 3.63) is 58.2 Å². The SMILES string of the molecule is Cc1ccc(Br)cc1CNc1nnc(-c2ccccn2)s1. The molecule has 0 spiro atoms. The van der Waals surface area contributed by atoms with Gasteiger partial charge in [0.15, 0.2) is 5.01 Å². The molecule has 0 amide bonds. The predicted molar refractivity (Wildman–Crippen MR) is 89.3 cm³/mol. The van der Waals surface area contributed by atoms with E-state index >= 15 is 0 Å². The molecule has 0 saturated carbocycles. The fraction of sp³-hybridized carbons (Fsp3) is 0.133. The summed E-state index contributed by atoms with van der Waals surface area (Å²) in [6.07, 6.45) is 1.76. The summed E-state index contributed by atoms with van der Waals surface area (Å²) in [4.78, 5) is 4.28. The van der Waals surface area contributed by atoms with Gasteiger partial charge in [0.05, 0.1) is 0 Å². The third kappa shape index (κ3) is 3.46. The molecule has 0 saturated heterocycles. The molecule has 2 heterocycles. The van der Waals surface area contributed by atoms with Crippen LogP contribution in [0.15, 0.2) is 47.1 Å². The zero-order valence-corrected chi connectivity index (χ0v) is 13.8. The van der Waals surface area contributed by atoms with E-state index in [-0.39, 0.29) is 0 Å². The molecule has 2 aromatic heterocycles. The number of benzene rings is 1. The Morgan fingerprint density at radius 2 is 2.10 bits per heavy atom. The Kier molecular flexibility index (Phi) is 4.26. The second-order valence-corrected chi connectivity index (χ2v) is 6.44. The summed E-state index contributed by atoms with van der Waals surface area (Å²) in [5.41, 5.74) is 3.33. The van der Waals surface area contributed by atoms with Gasteiger partial charge in [-0.15, -0.1) is 10.2 Å². The van der Waals surface area contributed by atoms with Gasteiger partial charge in [-0.3, -0.25) is 4.98 Å². The first-order chi connectivity index (χ1) is 10.2. The summed E-state index contributed by atoms with van der Waals surface area (Å²) in [6.45, 7) is 2.82. The number of aromatic nitrogens is 3. The molecule has 0 radical (unpaired) electrons. The maximum absolute atomic E-state index is 4.28. The van der Waals surface area contributed by atoms with Crippen LogP contribution in [0.25, 0.3) is 10.7 Å². The number of nitrogens with zero attached hydrogens (tertiary/aromatic N) is 3. The molecule has 0 bridgehead atoms. The summed E-state index contributed by atoms with van der Waals surface area (Å²) >= 11 is 5.00. The normalized spacial score (nSPS) is 10.6. The maximum Gasteiger partial charge on any atom is 0.206 e. The molecule has 0 fully saturated rings. The number of anilines is 1. The van der Waals surface area contributed by atoms with Gasteiger partial charge in [0.25, 0.3) is 0 Å². The van der Waals surface area contributed by atoms with Crippen molar-refractivity contribution < 1.29 is 0 Å². The van der Waals surface area contributed by atoms with Crippen molar-refractivity contribution in [3.8, 4) is 10.7 Å². The lowest BCUT2D eigenvalue weighted by atomic mass is 10.1. The Morgan fingerprint density at radius 1 is 1.19 bits per heavy atom. The average Bonchev–Trinajstić information content (AvgIpc) is 2.98. The Balaban J connectivity index is 1.72. The van der Waals surface area contributed by atoms with Crippen LogP contribution >= 0.6 is 27.3 Å². The van der Waals surface area contributed by atoms with Crippen LogP contribution in [0.5, 0.6) is 0 Å². The molecule has 0 atom stereocenters. The highest BCUT2D eigenvalue weighted by Crippen LogP contribution is 2.25. The van der Waals surface area contributed by atoms with Gasteiger partial charge in [-0.05, 0) is 42.3 Å². The quantitative estimate of drug-likeness (QED) is 0.754. The van der Waals surface area contributed by atoms with Gasteiger partial charge in [0, 0.05) is 17.2 Å². The Bertz CT molecular complexity index is 742. The molecule has 106 valence electrons. The molecule has 0 aliphatic rings. The van der Waals surface area contributed by atoms with Crippen molar-refractivity contribution in [1.29, 1.82) is 0 Å². The largest absolute Gasteiger partial charge is 0.356 e. The molecule has 3 aromatic rings. The third-order valence-electron chi connectivity index (χ3n) is 3.05. The zero-order chi connectivity index (χ0) is 14.7. The highest BCUT2D eigenvalue weighted by Gasteiger charge is 2.07. The number of hydrogen-bond donors (Lipinski definition) is 1. The van der Waals surface area contributed by atoms with Crippen LogP contribution in [0.4, 0.5) is 5.13 Å². The maximum atomic E-state index is 4.28. The zero-order valence-electron chi connectivity index (χ0n) is 11.4. The molecule has 0 unspecified atom stereocenters. The van der Waals surface area contributed by atoms with E-state index in [1.54, 1.807) is 6.20 Å². The van der Waals surface area contributed by atoms with Gasteiger partial charge in [0.1, 0.15) is 5.69 Å². The number of aryl methyl sites for hydroxylation is 1. The summed E-state index contributed by atoms with van der Waals surface area (Å²) < 4.78 is 1.08. The minimum absolute atomic E-state index is 0.724. The average molecular weight is 361 g/mol. The Hall–Kier alpha value is -1.79. The van der Waals surface area contributed by atoms with Gasteiger partial charge in [-0.2, -0.15) is 0 Å². The van der Waals surface area contributed by atoms with E-state index in [9.17, 15) is 0 Å². The van der Waals surface area contributed by atoms with E-state index < -0.39 is 0 Å². The van der Waals surface area contributed by atoms with Gasteiger partial charge in [0.2, 0.25) is 5.13 Å². The lowest BCUT2D eigenvalue weighted by molar-refractivity contribution is 1.04. The van der Waals surface area contributed by atoms with E-state index in [2.05, 4.69) is 55.5 Å². The summed E-state index contributed by atoms with van der Waals surface area (Å²) in [7, 11) is 0. The first-order valence-electron chi connectivity index (χ1n) is 6.46. The first-order valence-corrected chi connectivity index (χ1v) is 8.07. The van der Waals surface area contributed by atoms with E-state index in [4.69, 9.17) is 0 Å². The van der Waals surface area contributed by atoms with Crippen LogP contribution in [0.1, 0.15) is 11.1 Å². The lowest BCUT2D eigenvalue weighted by Crippen LogP contribution is -2.00. The monoisotopic (exact) mass is 360 g/mol. The number of pyridine rings is 1. The molecular weight excluding hydrogens is 348 g/mol. The van der Waals surface area contributed by atoms with Crippen LogP contribution in [0.2, 0.25) is 0 Å². The van der Waals surface area contributed by atoms with Crippen LogP contribution < -0.4 is 5.32 Å². The minimum atomic E-state index is 0.724. The second-order valence-electron chi connectivity index (χ2n) is 4.55. The second kappa shape index (κ2) is 6.32. The van der Waals surface area contributed by atoms with Gasteiger partial charge in [-0.25, -0.2) is 0 Å². The van der Waals surface area contributed by atoms with Crippen molar-refractivity contribution in [1.82, 2.24) is 15.2 Å². The first kappa shape index (κ1) is 14.2. The van der Waals surface area contributed by atoms with Crippen molar-refractivity contribution in [2.75, 3.05) is 5.32 Å². The van der Waals surface area contributed by atoms with E-state index in [0.29, 0.717) is 0 Å². The summed E-state index contributed by atoms with van der Waals surface area (Å²) in [5.74, 6) is 0. The smallest absolute Gasteiger partial charge is 0.206 e. The minimum Gasteiger partial charge on any atom is -0.356 e. The summed E-state index contributed by atoms with van der Waals surface area (Å²) in [5, 5.41) is 13.3. The fourth-order valence-corrected chi connectivity index (χ4v) is 3.01. The highest BCUT2D eigenvalue weighted by atomic mass is 79.9. The van der Waals surface area contributed by atoms with Gasteiger partial charge in [-0.1, -0.05) is 39.4 Å². The number of halogens is 1. The Morgan fingerprint density at radius 3 is 2.90 bits per heavy atom. The van der Waals surface area contributed by atoms with Crippen LogP contribution in [0.3, 0.4) is 0 Å². The van der Waals surface area contributed by atoms with E-state index in [1.165, 1.54) is 22.5 Å². The lowest BCUT2D eigenvalue weighted by Gasteiger charge is -2.06. The van der Waals surface area contributed by atoms with Gasteiger partial charge < -0.3 is 5.32 Å². The van der Waals surface area contributed by atoms with Crippen molar-refractivity contribution >= 4 is 32.4 Å². The van der Waals surface area contributed by atoms with Crippen LogP contribution in [-0.2, 0) is 6.54 Å². The van der Waals surface area contributed by atoms with Crippen molar-refractivity contribution in [3.63, 3.8) is 0 Å². The number of nitrogens with one attached hydrogen (secondary N) is 1. The predicted octanol–water partition coefficient (Wildman–Crippen LogP) is 4.28. The molecule has 0 aliphatic carbocycles. The number of rotatable bonds is 4. The third-order valence-corrected chi connectivity index (χ3v) is 4.45. The molecule has 1 aromatic carbocycles. The van der Waals surface area contributed by atoms with E-state index in [0.717, 1.165) is 26.9 Å². The van der Waals surface area contributed by atoms with E-state index in [1.807, 2.05) is 24.3 Å². The highest BCUT2D eigenvalue weighted by molar-refractivity contribution is 9.10. The fourth-order valence-electron chi connectivity index (χ4n) is 1.89.